The number of amides is 2. The number of halogens is 3. The molecule has 2 amide bonds. The molecule has 13 heteroatoms. The van der Waals surface area contributed by atoms with Gasteiger partial charge < -0.3 is 15.0 Å². The third kappa shape index (κ3) is 7.13. The van der Waals surface area contributed by atoms with Gasteiger partial charge in [0, 0.05) is 11.7 Å². The molecule has 39 heavy (non-hydrogen) atoms. The molecule has 2 fully saturated rings. The average molecular weight is 584 g/mol. The number of sulfone groups is 1. The Labute approximate surface area is 228 Å². The average Bonchev–Trinajstić information content (AvgIpc) is 3.28. The van der Waals surface area contributed by atoms with Crippen LogP contribution < -0.4 is 10.2 Å². The van der Waals surface area contributed by atoms with Gasteiger partial charge in [0.1, 0.15) is 11.6 Å². The van der Waals surface area contributed by atoms with Gasteiger partial charge in [-0.2, -0.15) is 18.2 Å². The SMILES string of the molecule is CC(C)(C)OC(=O)N[C@H](Cc1ccccc1)C(=O)N=C1S[C@H]2CS(=O)(=O)C[C@H]2N1c1ccccc1C(F)(F)F. The fraction of sp³-hybridized carbons (Fsp3) is 0.423. The molecule has 4 rings (SSSR count). The van der Waals surface area contributed by atoms with Gasteiger partial charge in [0.2, 0.25) is 0 Å². The minimum Gasteiger partial charge on any atom is -0.444 e. The number of carbonyl (C=O) groups excluding carboxylic acids is 2. The maximum absolute atomic E-state index is 13.9. The van der Waals surface area contributed by atoms with E-state index in [0.29, 0.717) is 5.56 Å². The number of benzene rings is 2. The molecule has 0 saturated carbocycles. The summed E-state index contributed by atoms with van der Waals surface area (Å²) in [4.78, 5) is 31.4. The lowest BCUT2D eigenvalue weighted by Crippen LogP contribution is -2.45. The highest BCUT2D eigenvalue weighted by Crippen LogP contribution is 2.45. The van der Waals surface area contributed by atoms with E-state index in [-0.39, 0.29) is 28.8 Å². The van der Waals surface area contributed by atoms with Gasteiger partial charge in [0.05, 0.1) is 28.8 Å². The number of fused-ring (bicyclic) bond motifs is 1. The molecule has 2 aromatic rings. The Morgan fingerprint density at radius 2 is 1.72 bits per heavy atom. The van der Waals surface area contributed by atoms with Crippen LogP contribution in [0.15, 0.2) is 59.6 Å². The summed E-state index contributed by atoms with van der Waals surface area (Å²) in [5.74, 6) is -1.41. The summed E-state index contributed by atoms with van der Waals surface area (Å²) in [6, 6.07) is 11.6. The molecule has 0 bridgehead atoms. The van der Waals surface area contributed by atoms with E-state index in [1.165, 1.54) is 23.1 Å². The molecule has 210 valence electrons. The highest BCUT2D eigenvalue weighted by Gasteiger charge is 2.51. The first kappa shape index (κ1) is 28.9. The number of alkyl carbamates (subject to hydrolysis) is 1. The lowest BCUT2D eigenvalue weighted by molar-refractivity contribution is -0.137. The van der Waals surface area contributed by atoms with Crippen molar-refractivity contribution < 1.29 is 35.9 Å². The standard InChI is InChI=1S/C26H28F3N3O5S2/c1-25(2,3)37-24(34)30-18(13-16-9-5-4-6-10-16)22(33)31-23-32(20-14-39(35,36)15-21(20)38-23)19-12-8-7-11-17(19)26(27,28)29/h4-12,18,20-21H,13-15H2,1-3H3,(H,30,34)/t18-,20-,21+/m1/s1. The Balaban J connectivity index is 1.72. The number of hydrogen-bond acceptors (Lipinski definition) is 6. The third-order valence-corrected chi connectivity index (χ3v) is 9.22. The Morgan fingerprint density at radius 3 is 2.36 bits per heavy atom. The Kier molecular flexibility index (Phi) is 8.04. The first-order valence-corrected chi connectivity index (χ1v) is 14.8. The number of aliphatic imine (C=N–C) groups is 1. The maximum Gasteiger partial charge on any atom is 0.418 e. The zero-order chi connectivity index (χ0) is 28.6. The topological polar surface area (TPSA) is 105 Å². The summed E-state index contributed by atoms with van der Waals surface area (Å²) in [6.07, 6.45) is -5.51. The molecular weight excluding hydrogens is 555 g/mol. The number of hydrogen-bond donors (Lipinski definition) is 1. The summed E-state index contributed by atoms with van der Waals surface area (Å²) >= 11 is 0.951. The predicted octanol–water partition coefficient (Wildman–Crippen LogP) is 4.44. The minimum absolute atomic E-state index is 0.0503. The molecule has 0 unspecified atom stereocenters. The quantitative estimate of drug-likeness (QED) is 0.555. The summed E-state index contributed by atoms with van der Waals surface area (Å²) in [5.41, 5.74) is -1.37. The number of ether oxygens (including phenoxy) is 1. The normalized spacial score (nSPS) is 22.4. The fourth-order valence-corrected chi connectivity index (χ4v) is 8.35. The van der Waals surface area contributed by atoms with Gasteiger partial charge in [-0.1, -0.05) is 54.2 Å². The van der Waals surface area contributed by atoms with E-state index in [1.54, 1.807) is 51.1 Å². The van der Waals surface area contributed by atoms with E-state index in [1.807, 2.05) is 0 Å². The molecule has 8 nitrogen and oxygen atoms in total. The molecule has 2 aromatic carbocycles. The van der Waals surface area contributed by atoms with E-state index in [9.17, 15) is 31.2 Å². The summed E-state index contributed by atoms with van der Waals surface area (Å²) in [6.45, 7) is 5.00. The van der Waals surface area contributed by atoms with Gasteiger partial charge in [-0.05, 0) is 38.5 Å². The van der Waals surface area contributed by atoms with E-state index < -0.39 is 56.5 Å². The minimum atomic E-state index is -4.72. The zero-order valence-electron chi connectivity index (χ0n) is 21.4. The molecule has 2 aliphatic rings. The number of thioether (sulfide) groups is 1. The fourth-order valence-electron chi connectivity index (χ4n) is 4.44. The number of nitrogens with one attached hydrogen (secondary N) is 1. The van der Waals surface area contributed by atoms with Crippen LogP contribution in [0.1, 0.15) is 31.9 Å². The Morgan fingerprint density at radius 1 is 1.08 bits per heavy atom. The van der Waals surface area contributed by atoms with E-state index >= 15 is 0 Å². The van der Waals surface area contributed by atoms with Crippen LogP contribution in [0.5, 0.6) is 0 Å². The molecule has 0 radical (unpaired) electrons. The van der Waals surface area contributed by atoms with E-state index in [0.717, 1.165) is 17.8 Å². The highest BCUT2D eigenvalue weighted by atomic mass is 32.2. The van der Waals surface area contributed by atoms with Crippen molar-refractivity contribution in [3.8, 4) is 0 Å². The summed E-state index contributed by atoms with van der Waals surface area (Å²) < 4.78 is 71.7. The van der Waals surface area contributed by atoms with Crippen molar-refractivity contribution in [3.05, 3.63) is 65.7 Å². The molecule has 0 aromatic heterocycles. The van der Waals surface area contributed by atoms with Crippen molar-refractivity contribution in [1.82, 2.24) is 5.32 Å². The second kappa shape index (κ2) is 10.8. The van der Waals surface area contributed by atoms with Crippen LogP contribution in [-0.2, 0) is 32.0 Å². The molecule has 2 heterocycles. The molecular formula is C26H28F3N3O5S2. The number of alkyl halides is 3. The summed E-state index contributed by atoms with van der Waals surface area (Å²) in [5, 5.41) is 1.88. The van der Waals surface area contributed by atoms with Gasteiger partial charge >= 0.3 is 12.3 Å². The second-order valence-corrected chi connectivity index (χ2v) is 13.7. The molecule has 2 saturated heterocycles. The maximum atomic E-state index is 13.9. The molecule has 3 atom stereocenters. The van der Waals surface area contributed by atoms with Crippen molar-refractivity contribution >= 4 is 44.5 Å². The Hall–Kier alpha value is -3.06. The highest BCUT2D eigenvalue weighted by molar-refractivity contribution is 8.16. The number of carbonyl (C=O) groups is 2. The van der Waals surface area contributed by atoms with Gasteiger partial charge in [0.25, 0.3) is 5.91 Å². The summed E-state index contributed by atoms with van der Waals surface area (Å²) in [7, 11) is -3.49. The van der Waals surface area contributed by atoms with Crippen molar-refractivity contribution in [1.29, 1.82) is 0 Å². The Bertz CT molecular complexity index is 1380. The van der Waals surface area contributed by atoms with Crippen LogP contribution in [0.2, 0.25) is 0 Å². The molecule has 2 aliphatic heterocycles. The van der Waals surface area contributed by atoms with Gasteiger partial charge in [0.15, 0.2) is 15.0 Å². The van der Waals surface area contributed by atoms with Crippen LogP contribution in [-0.4, -0.2) is 60.0 Å². The molecule has 1 N–H and O–H groups in total. The van der Waals surface area contributed by atoms with Crippen LogP contribution in [0.25, 0.3) is 0 Å². The van der Waals surface area contributed by atoms with Crippen molar-refractivity contribution in [2.24, 2.45) is 4.99 Å². The number of amidine groups is 1. The van der Waals surface area contributed by atoms with Crippen molar-refractivity contribution in [3.63, 3.8) is 0 Å². The first-order valence-electron chi connectivity index (χ1n) is 12.1. The lowest BCUT2D eigenvalue weighted by Gasteiger charge is -2.28. The van der Waals surface area contributed by atoms with Crippen LogP contribution in [0, 0.1) is 0 Å². The number of nitrogens with zero attached hydrogens (tertiary/aromatic N) is 2. The van der Waals surface area contributed by atoms with Crippen LogP contribution in [0.4, 0.5) is 23.7 Å². The van der Waals surface area contributed by atoms with Crippen LogP contribution >= 0.6 is 11.8 Å². The smallest absolute Gasteiger partial charge is 0.418 e. The van der Waals surface area contributed by atoms with Gasteiger partial charge in [-0.3, -0.25) is 4.79 Å². The molecule has 0 spiro atoms. The third-order valence-electron chi connectivity index (χ3n) is 6.01. The van der Waals surface area contributed by atoms with Crippen molar-refractivity contribution in [2.75, 3.05) is 16.4 Å². The number of para-hydroxylation sites is 1. The molecule has 0 aliphatic carbocycles. The van der Waals surface area contributed by atoms with E-state index in [4.69, 9.17) is 4.74 Å². The van der Waals surface area contributed by atoms with Gasteiger partial charge in [-0.15, -0.1) is 0 Å². The van der Waals surface area contributed by atoms with E-state index in [2.05, 4.69) is 10.3 Å². The zero-order valence-corrected chi connectivity index (χ0v) is 23.1. The number of anilines is 1. The monoisotopic (exact) mass is 583 g/mol. The van der Waals surface area contributed by atoms with Gasteiger partial charge in [-0.25, -0.2) is 13.2 Å². The first-order chi connectivity index (χ1) is 18.1. The van der Waals surface area contributed by atoms with Crippen molar-refractivity contribution in [2.45, 2.75) is 56.3 Å². The second-order valence-electron chi connectivity index (χ2n) is 10.3. The lowest BCUT2D eigenvalue weighted by atomic mass is 10.1. The largest absolute Gasteiger partial charge is 0.444 e. The number of rotatable bonds is 5. The van der Waals surface area contributed by atoms with Crippen LogP contribution in [0.3, 0.4) is 0 Å². The predicted molar refractivity (Wildman–Crippen MR) is 143 cm³/mol.